The third-order valence-electron chi connectivity index (χ3n) is 1.54. The standard InChI is InChI=1S/C8H11N3O2/c9-7(12)3-5-1-2-6(11-5)4-8(10)13/h1-2,11H,3-4H2,(H2,9,12)(H2,10,13). The summed E-state index contributed by atoms with van der Waals surface area (Å²) in [5.74, 6) is -0.819. The molecule has 0 aliphatic heterocycles. The zero-order chi connectivity index (χ0) is 9.84. The maximum atomic E-state index is 10.5. The second kappa shape index (κ2) is 3.75. The van der Waals surface area contributed by atoms with Gasteiger partial charge in [0.05, 0.1) is 12.8 Å². The Labute approximate surface area is 75.1 Å². The van der Waals surface area contributed by atoms with Gasteiger partial charge in [-0.2, -0.15) is 0 Å². The Bertz CT molecular complexity index is 299. The number of nitrogens with one attached hydrogen (secondary N) is 1. The molecule has 5 N–H and O–H groups in total. The summed E-state index contributed by atoms with van der Waals surface area (Å²) in [4.78, 5) is 23.9. The first-order valence-corrected chi connectivity index (χ1v) is 3.81. The first kappa shape index (κ1) is 9.31. The number of hydrogen-bond acceptors (Lipinski definition) is 2. The molecule has 0 aliphatic carbocycles. The molecule has 0 spiro atoms. The highest BCUT2D eigenvalue weighted by atomic mass is 16.1. The van der Waals surface area contributed by atoms with Crippen LogP contribution in [0.2, 0.25) is 0 Å². The van der Waals surface area contributed by atoms with E-state index in [0.29, 0.717) is 11.4 Å². The van der Waals surface area contributed by atoms with Crippen molar-refractivity contribution in [1.29, 1.82) is 0 Å². The van der Waals surface area contributed by atoms with Crippen LogP contribution in [-0.4, -0.2) is 16.8 Å². The highest BCUT2D eigenvalue weighted by molar-refractivity contribution is 5.77. The van der Waals surface area contributed by atoms with E-state index in [9.17, 15) is 9.59 Å². The third-order valence-corrected chi connectivity index (χ3v) is 1.54. The van der Waals surface area contributed by atoms with Gasteiger partial charge in [-0.1, -0.05) is 0 Å². The van der Waals surface area contributed by atoms with Gasteiger partial charge in [0.15, 0.2) is 0 Å². The van der Waals surface area contributed by atoms with Crippen LogP contribution in [0.25, 0.3) is 0 Å². The van der Waals surface area contributed by atoms with Crippen LogP contribution in [0.5, 0.6) is 0 Å². The largest absolute Gasteiger partial charge is 0.369 e. The molecule has 0 saturated carbocycles. The van der Waals surface area contributed by atoms with E-state index in [1.165, 1.54) is 0 Å². The van der Waals surface area contributed by atoms with Gasteiger partial charge in [-0.05, 0) is 12.1 Å². The lowest BCUT2D eigenvalue weighted by atomic mass is 10.3. The Kier molecular flexibility index (Phi) is 2.69. The fourth-order valence-corrected chi connectivity index (χ4v) is 1.07. The lowest BCUT2D eigenvalue weighted by molar-refractivity contribution is -0.118. The molecular weight excluding hydrogens is 170 g/mol. The normalized spacial score (nSPS) is 9.85. The number of primary amides is 2. The molecule has 0 unspecified atom stereocenters. The van der Waals surface area contributed by atoms with Crippen LogP contribution in [0.15, 0.2) is 12.1 Å². The van der Waals surface area contributed by atoms with Crippen LogP contribution >= 0.6 is 0 Å². The SMILES string of the molecule is NC(=O)Cc1ccc(CC(N)=O)[nH]1. The van der Waals surface area contributed by atoms with E-state index >= 15 is 0 Å². The van der Waals surface area contributed by atoms with E-state index in [1.54, 1.807) is 12.1 Å². The molecule has 1 aromatic heterocycles. The average molecular weight is 181 g/mol. The number of carbonyl (C=O) groups excluding carboxylic acids is 2. The number of H-pyrrole nitrogens is 1. The smallest absolute Gasteiger partial charge is 0.223 e. The summed E-state index contributed by atoms with van der Waals surface area (Å²) in [6.45, 7) is 0. The Hall–Kier alpha value is -1.78. The molecule has 0 saturated heterocycles. The summed E-state index contributed by atoms with van der Waals surface area (Å²) in [6, 6.07) is 3.42. The monoisotopic (exact) mass is 181 g/mol. The molecule has 70 valence electrons. The number of amides is 2. The molecule has 0 aliphatic rings. The van der Waals surface area contributed by atoms with E-state index in [1.807, 2.05) is 0 Å². The van der Waals surface area contributed by atoms with Crippen molar-refractivity contribution in [1.82, 2.24) is 4.98 Å². The molecule has 5 nitrogen and oxygen atoms in total. The molecule has 0 atom stereocenters. The van der Waals surface area contributed by atoms with Crippen LogP contribution in [0.1, 0.15) is 11.4 Å². The first-order chi connectivity index (χ1) is 6.08. The number of nitrogens with two attached hydrogens (primary N) is 2. The minimum Gasteiger partial charge on any atom is -0.369 e. The van der Waals surface area contributed by atoms with E-state index in [4.69, 9.17) is 11.5 Å². The molecule has 0 fully saturated rings. The van der Waals surface area contributed by atoms with Crippen molar-refractivity contribution in [2.75, 3.05) is 0 Å². The number of hydrogen-bond donors (Lipinski definition) is 3. The van der Waals surface area contributed by atoms with Crippen LogP contribution in [0.3, 0.4) is 0 Å². The van der Waals surface area contributed by atoms with Crippen molar-refractivity contribution in [3.05, 3.63) is 23.5 Å². The summed E-state index contributed by atoms with van der Waals surface area (Å²) >= 11 is 0. The molecular formula is C8H11N3O2. The zero-order valence-electron chi connectivity index (χ0n) is 7.04. The van der Waals surface area contributed by atoms with Gasteiger partial charge in [-0.3, -0.25) is 9.59 Å². The molecule has 0 radical (unpaired) electrons. The van der Waals surface area contributed by atoms with E-state index < -0.39 is 11.8 Å². The molecule has 2 amide bonds. The Morgan fingerprint density at radius 3 is 1.77 bits per heavy atom. The fourth-order valence-electron chi connectivity index (χ4n) is 1.07. The van der Waals surface area contributed by atoms with Crippen LogP contribution in [0, 0.1) is 0 Å². The van der Waals surface area contributed by atoms with Crippen molar-refractivity contribution >= 4 is 11.8 Å². The van der Waals surface area contributed by atoms with Gasteiger partial charge in [0.25, 0.3) is 0 Å². The highest BCUT2D eigenvalue weighted by Gasteiger charge is 2.03. The molecule has 1 aromatic rings. The molecule has 0 aromatic carbocycles. The average Bonchev–Trinajstić information content (AvgIpc) is 2.33. The first-order valence-electron chi connectivity index (χ1n) is 3.81. The highest BCUT2D eigenvalue weighted by Crippen LogP contribution is 2.02. The maximum absolute atomic E-state index is 10.5. The van der Waals surface area contributed by atoms with Crippen LogP contribution < -0.4 is 11.5 Å². The minimum atomic E-state index is -0.410. The summed E-state index contributed by atoms with van der Waals surface area (Å²) in [6.07, 6.45) is 0.303. The van der Waals surface area contributed by atoms with Gasteiger partial charge in [-0.15, -0.1) is 0 Å². The molecule has 5 heteroatoms. The fraction of sp³-hybridized carbons (Fsp3) is 0.250. The second-order valence-electron chi connectivity index (χ2n) is 2.79. The number of aromatic amines is 1. The Morgan fingerprint density at radius 1 is 1.08 bits per heavy atom. The lowest BCUT2D eigenvalue weighted by Gasteiger charge is -1.93. The van der Waals surface area contributed by atoms with Crippen molar-refractivity contribution in [2.24, 2.45) is 11.5 Å². The van der Waals surface area contributed by atoms with Gasteiger partial charge in [0.1, 0.15) is 0 Å². The van der Waals surface area contributed by atoms with Gasteiger partial charge >= 0.3 is 0 Å². The lowest BCUT2D eigenvalue weighted by Crippen LogP contribution is -2.15. The molecule has 1 rings (SSSR count). The Balaban J connectivity index is 2.63. The van der Waals surface area contributed by atoms with Gasteiger partial charge < -0.3 is 16.5 Å². The summed E-state index contributed by atoms with van der Waals surface area (Å²) in [5, 5.41) is 0. The van der Waals surface area contributed by atoms with Gasteiger partial charge in [-0.25, -0.2) is 0 Å². The third kappa shape index (κ3) is 2.98. The quantitative estimate of drug-likeness (QED) is 0.558. The predicted octanol–water partition coefficient (Wildman–Crippen LogP) is -0.930. The molecule has 1 heterocycles. The summed E-state index contributed by atoms with van der Waals surface area (Å²) < 4.78 is 0. The number of aromatic nitrogens is 1. The van der Waals surface area contributed by atoms with Crippen molar-refractivity contribution in [2.45, 2.75) is 12.8 Å². The zero-order valence-corrected chi connectivity index (χ0v) is 7.04. The summed E-state index contributed by atoms with van der Waals surface area (Å²) in [7, 11) is 0. The van der Waals surface area contributed by atoms with Crippen molar-refractivity contribution in [3.63, 3.8) is 0 Å². The topological polar surface area (TPSA) is 102 Å². The maximum Gasteiger partial charge on any atom is 0.223 e. The van der Waals surface area contributed by atoms with E-state index in [2.05, 4.69) is 4.98 Å². The van der Waals surface area contributed by atoms with Crippen LogP contribution in [-0.2, 0) is 22.4 Å². The Morgan fingerprint density at radius 2 is 1.46 bits per heavy atom. The minimum absolute atomic E-state index is 0.152. The van der Waals surface area contributed by atoms with Gasteiger partial charge in [0, 0.05) is 11.4 Å². The van der Waals surface area contributed by atoms with Crippen LogP contribution in [0.4, 0.5) is 0 Å². The van der Waals surface area contributed by atoms with Gasteiger partial charge in [0.2, 0.25) is 11.8 Å². The molecule has 0 bridgehead atoms. The summed E-state index contributed by atoms with van der Waals surface area (Å²) in [5.41, 5.74) is 11.4. The number of rotatable bonds is 4. The predicted molar refractivity (Wildman–Crippen MR) is 46.6 cm³/mol. The van der Waals surface area contributed by atoms with E-state index in [-0.39, 0.29) is 12.8 Å². The van der Waals surface area contributed by atoms with E-state index in [0.717, 1.165) is 0 Å². The number of carbonyl (C=O) groups is 2. The molecule has 13 heavy (non-hydrogen) atoms. The van der Waals surface area contributed by atoms with Crippen molar-refractivity contribution < 1.29 is 9.59 Å². The van der Waals surface area contributed by atoms with Crippen molar-refractivity contribution in [3.8, 4) is 0 Å². The second-order valence-corrected chi connectivity index (χ2v) is 2.79.